The molecule has 0 radical (unpaired) electrons. The lowest BCUT2D eigenvalue weighted by molar-refractivity contribution is -0.384. The zero-order valence-corrected chi connectivity index (χ0v) is 12.8. The van der Waals surface area contributed by atoms with Crippen LogP contribution < -0.4 is 0 Å². The third-order valence-electron chi connectivity index (χ3n) is 2.34. The van der Waals surface area contributed by atoms with Gasteiger partial charge in [-0.2, -0.15) is 13.2 Å². The molecule has 0 bridgehead atoms. The SMILES string of the molecule is CCOC(=O)CC(=Nc1ccc([N+](=O)[O-])cc1Br)C(F)(F)F. The summed E-state index contributed by atoms with van der Waals surface area (Å²) in [7, 11) is 0. The third kappa shape index (κ3) is 5.10. The Bertz CT molecular complexity index is 617. The van der Waals surface area contributed by atoms with Crippen molar-refractivity contribution in [1.82, 2.24) is 0 Å². The summed E-state index contributed by atoms with van der Waals surface area (Å²) in [5.74, 6) is -1.06. The van der Waals surface area contributed by atoms with Crippen molar-refractivity contribution < 1.29 is 27.6 Å². The molecular weight excluding hydrogens is 373 g/mol. The van der Waals surface area contributed by atoms with Crippen LogP contribution >= 0.6 is 15.9 Å². The first-order valence-electron chi connectivity index (χ1n) is 5.89. The van der Waals surface area contributed by atoms with E-state index in [1.54, 1.807) is 0 Å². The monoisotopic (exact) mass is 382 g/mol. The molecule has 0 atom stereocenters. The molecule has 1 aromatic rings. The number of carbonyl (C=O) groups excluding carboxylic acids is 1. The number of benzene rings is 1. The lowest BCUT2D eigenvalue weighted by atomic mass is 10.2. The number of aliphatic imine (C=N–C) groups is 1. The Morgan fingerprint density at radius 3 is 2.55 bits per heavy atom. The van der Waals surface area contributed by atoms with E-state index in [4.69, 9.17) is 0 Å². The van der Waals surface area contributed by atoms with E-state index >= 15 is 0 Å². The fourth-order valence-corrected chi connectivity index (χ4v) is 1.85. The van der Waals surface area contributed by atoms with Crippen LogP contribution in [0.3, 0.4) is 0 Å². The normalized spacial score (nSPS) is 12.1. The molecule has 22 heavy (non-hydrogen) atoms. The van der Waals surface area contributed by atoms with Crippen LogP contribution in [0.4, 0.5) is 24.5 Å². The number of nitro benzene ring substituents is 1. The van der Waals surface area contributed by atoms with E-state index in [9.17, 15) is 28.1 Å². The summed E-state index contributed by atoms with van der Waals surface area (Å²) >= 11 is 2.91. The predicted octanol–water partition coefficient (Wildman–Crippen LogP) is 3.95. The lowest BCUT2D eigenvalue weighted by Crippen LogP contribution is -2.26. The van der Waals surface area contributed by atoms with Crippen molar-refractivity contribution in [3.05, 3.63) is 32.8 Å². The van der Waals surface area contributed by atoms with Gasteiger partial charge in [-0.25, -0.2) is 4.99 Å². The van der Waals surface area contributed by atoms with Gasteiger partial charge in [-0.15, -0.1) is 0 Å². The van der Waals surface area contributed by atoms with E-state index in [0.717, 1.165) is 18.2 Å². The van der Waals surface area contributed by atoms with Gasteiger partial charge in [0.15, 0.2) is 0 Å². The maximum absolute atomic E-state index is 12.9. The van der Waals surface area contributed by atoms with E-state index in [1.165, 1.54) is 6.92 Å². The van der Waals surface area contributed by atoms with E-state index in [0.29, 0.717) is 0 Å². The molecule has 0 unspecified atom stereocenters. The minimum Gasteiger partial charge on any atom is -0.466 e. The second-order valence-electron chi connectivity index (χ2n) is 3.93. The molecule has 10 heteroatoms. The third-order valence-corrected chi connectivity index (χ3v) is 2.98. The van der Waals surface area contributed by atoms with Gasteiger partial charge in [0.25, 0.3) is 5.69 Å². The predicted molar refractivity (Wildman–Crippen MR) is 75.2 cm³/mol. The Hall–Kier alpha value is -1.97. The Morgan fingerprint density at radius 2 is 2.09 bits per heavy atom. The number of halogens is 4. The molecule has 0 aliphatic carbocycles. The molecule has 6 nitrogen and oxygen atoms in total. The van der Waals surface area contributed by atoms with E-state index in [-0.39, 0.29) is 22.5 Å². The van der Waals surface area contributed by atoms with Gasteiger partial charge in [0.2, 0.25) is 0 Å². The minimum atomic E-state index is -4.83. The first kappa shape index (κ1) is 18.1. The molecule has 1 aromatic carbocycles. The van der Waals surface area contributed by atoms with Crippen LogP contribution in [0.2, 0.25) is 0 Å². The van der Waals surface area contributed by atoms with Gasteiger partial charge >= 0.3 is 12.1 Å². The molecule has 0 aliphatic rings. The van der Waals surface area contributed by atoms with Crippen LogP contribution in [0, 0.1) is 10.1 Å². The molecule has 0 saturated heterocycles. The van der Waals surface area contributed by atoms with Crippen molar-refractivity contribution in [3.63, 3.8) is 0 Å². The number of non-ortho nitro benzene ring substituents is 1. The summed E-state index contributed by atoms with van der Waals surface area (Å²) in [5.41, 5.74) is -1.83. The summed E-state index contributed by atoms with van der Waals surface area (Å²) in [6.45, 7) is 1.42. The highest BCUT2D eigenvalue weighted by Gasteiger charge is 2.37. The highest BCUT2D eigenvalue weighted by atomic mass is 79.9. The number of esters is 1. The van der Waals surface area contributed by atoms with Gasteiger partial charge in [-0.1, -0.05) is 0 Å². The highest BCUT2D eigenvalue weighted by Crippen LogP contribution is 2.32. The average molecular weight is 383 g/mol. The smallest absolute Gasteiger partial charge is 0.430 e. The van der Waals surface area contributed by atoms with Gasteiger partial charge < -0.3 is 4.74 Å². The number of hydrogen-bond acceptors (Lipinski definition) is 5. The molecule has 0 spiro atoms. The Labute approximate surface area is 131 Å². The number of ether oxygens (including phenoxy) is 1. The summed E-state index contributed by atoms with van der Waals surface area (Å²) in [6.07, 6.45) is -5.87. The summed E-state index contributed by atoms with van der Waals surface area (Å²) in [5, 5.41) is 10.6. The molecule has 120 valence electrons. The number of alkyl halides is 3. The van der Waals surface area contributed by atoms with Crippen LogP contribution in [0.5, 0.6) is 0 Å². The van der Waals surface area contributed by atoms with Crippen LogP contribution in [0.15, 0.2) is 27.7 Å². The maximum Gasteiger partial charge on any atom is 0.430 e. The van der Waals surface area contributed by atoms with Crippen LogP contribution in [-0.2, 0) is 9.53 Å². The standard InChI is InChI=1S/C12H10BrF3N2O4/c1-2-22-11(19)6-10(12(14,15)16)17-9-4-3-7(18(20)21)5-8(9)13/h3-5H,2,6H2,1H3. The van der Waals surface area contributed by atoms with E-state index < -0.39 is 29.2 Å². The van der Waals surface area contributed by atoms with Crippen molar-refractivity contribution >= 4 is 39.0 Å². The molecule has 0 heterocycles. The van der Waals surface area contributed by atoms with Crippen LogP contribution in [0.25, 0.3) is 0 Å². The Balaban J connectivity index is 3.17. The van der Waals surface area contributed by atoms with Crippen LogP contribution in [-0.4, -0.2) is 29.4 Å². The number of rotatable bonds is 5. The van der Waals surface area contributed by atoms with Gasteiger partial charge in [0.05, 0.1) is 28.1 Å². The largest absolute Gasteiger partial charge is 0.466 e. The van der Waals surface area contributed by atoms with Crippen molar-refractivity contribution in [2.24, 2.45) is 4.99 Å². The molecule has 0 saturated carbocycles. The maximum atomic E-state index is 12.9. The molecule has 0 N–H and O–H groups in total. The number of nitro groups is 1. The van der Waals surface area contributed by atoms with Crippen molar-refractivity contribution in [2.75, 3.05) is 6.61 Å². The van der Waals surface area contributed by atoms with Crippen molar-refractivity contribution in [3.8, 4) is 0 Å². The molecule has 0 fully saturated rings. The number of nitrogens with zero attached hydrogens (tertiary/aromatic N) is 2. The zero-order valence-electron chi connectivity index (χ0n) is 11.2. The molecule has 0 aliphatic heterocycles. The first-order valence-corrected chi connectivity index (χ1v) is 6.68. The van der Waals surface area contributed by atoms with Gasteiger partial charge in [-0.3, -0.25) is 14.9 Å². The molecular formula is C12H10BrF3N2O4. The van der Waals surface area contributed by atoms with E-state index in [2.05, 4.69) is 25.7 Å². The molecule has 0 amide bonds. The summed E-state index contributed by atoms with van der Waals surface area (Å²) in [6, 6.07) is 3.10. The fourth-order valence-electron chi connectivity index (χ4n) is 1.40. The molecule has 1 rings (SSSR count). The Kier molecular flexibility index (Phi) is 6.03. The first-order chi connectivity index (χ1) is 10.1. The van der Waals surface area contributed by atoms with E-state index in [1.807, 2.05) is 0 Å². The number of hydrogen-bond donors (Lipinski definition) is 0. The molecule has 0 aromatic heterocycles. The topological polar surface area (TPSA) is 81.8 Å². The second-order valence-corrected chi connectivity index (χ2v) is 4.79. The van der Waals surface area contributed by atoms with Crippen molar-refractivity contribution in [2.45, 2.75) is 19.5 Å². The Morgan fingerprint density at radius 1 is 1.45 bits per heavy atom. The number of carbonyl (C=O) groups is 1. The zero-order chi connectivity index (χ0) is 16.9. The minimum absolute atomic E-state index is 0.00677. The lowest BCUT2D eigenvalue weighted by Gasteiger charge is -2.10. The van der Waals surface area contributed by atoms with Gasteiger partial charge in [0, 0.05) is 12.1 Å². The summed E-state index contributed by atoms with van der Waals surface area (Å²) in [4.78, 5) is 24.5. The fraction of sp³-hybridized carbons (Fsp3) is 0.333. The summed E-state index contributed by atoms with van der Waals surface area (Å²) < 4.78 is 43.1. The van der Waals surface area contributed by atoms with Crippen molar-refractivity contribution in [1.29, 1.82) is 0 Å². The second kappa shape index (κ2) is 7.34. The van der Waals surface area contributed by atoms with Gasteiger partial charge in [0.1, 0.15) is 5.71 Å². The average Bonchev–Trinajstić information content (AvgIpc) is 2.39. The van der Waals surface area contributed by atoms with Gasteiger partial charge in [-0.05, 0) is 28.9 Å². The highest BCUT2D eigenvalue weighted by molar-refractivity contribution is 9.10. The quantitative estimate of drug-likeness (QED) is 0.334. The van der Waals surface area contributed by atoms with Crippen LogP contribution in [0.1, 0.15) is 13.3 Å².